The Morgan fingerprint density at radius 1 is 1.08 bits per heavy atom. The number of likely N-dealkylation sites (tertiary alicyclic amines) is 1. The Morgan fingerprint density at radius 2 is 1.73 bits per heavy atom. The van der Waals surface area contributed by atoms with Crippen LogP contribution in [-0.4, -0.2) is 74.9 Å². The highest BCUT2D eigenvalue weighted by molar-refractivity contribution is 5.96. The molecule has 2 aromatic rings. The van der Waals surface area contributed by atoms with Crippen molar-refractivity contribution in [3.05, 3.63) is 71.8 Å². The number of nitrogens with zero attached hydrogens (tertiary/aromatic N) is 2. The van der Waals surface area contributed by atoms with Gasteiger partial charge in [-0.2, -0.15) is 0 Å². The maximum absolute atomic E-state index is 14.0. The van der Waals surface area contributed by atoms with E-state index in [0.717, 1.165) is 11.1 Å². The Hall–Kier alpha value is -3.94. The van der Waals surface area contributed by atoms with E-state index in [2.05, 4.69) is 12.7 Å². The predicted molar refractivity (Wildman–Crippen MR) is 143 cm³/mol. The van der Waals surface area contributed by atoms with E-state index in [-0.39, 0.29) is 24.6 Å². The molecular formula is C29H36N2O6. The number of ether oxygens (including phenoxy) is 4. The number of methoxy groups -OCH3 is 3. The third-order valence-corrected chi connectivity index (χ3v) is 6.48. The van der Waals surface area contributed by atoms with Gasteiger partial charge >= 0.3 is 6.09 Å². The Labute approximate surface area is 219 Å². The number of hydrogen-bond acceptors (Lipinski definition) is 6. The van der Waals surface area contributed by atoms with Crippen LogP contribution in [0, 0.1) is 0 Å². The standard InChI is InChI=1S/C29H36N2O6/c1-7-15-37-29(33)30-14-13-24(21(30)3)31(19-20(2)16-22-11-9-8-10-12-22)28(32)23-17-25(34-4)27(36-6)26(18-23)35-5/h7-12,16-18,21,24H,1,13-15,19H2,2-6H3. The molecule has 1 aliphatic heterocycles. The van der Waals surface area contributed by atoms with Crippen molar-refractivity contribution in [2.45, 2.75) is 32.4 Å². The molecule has 1 aliphatic rings. The lowest BCUT2D eigenvalue weighted by Crippen LogP contribution is -2.48. The lowest BCUT2D eigenvalue weighted by atomic mass is 10.0. The van der Waals surface area contributed by atoms with Crippen LogP contribution in [-0.2, 0) is 4.74 Å². The second-order valence-electron chi connectivity index (χ2n) is 8.90. The van der Waals surface area contributed by atoms with E-state index < -0.39 is 6.09 Å². The van der Waals surface area contributed by atoms with Crippen LogP contribution in [0.5, 0.6) is 17.2 Å². The van der Waals surface area contributed by atoms with Crippen molar-refractivity contribution in [3.63, 3.8) is 0 Å². The van der Waals surface area contributed by atoms with E-state index in [1.807, 2.05) is 49.1 Å². The summed E-state index contributed by atoms with van der Waals surface area (Å²) in [5.74, 6) is 1.02. The highest BCUT2D eigenvalue weighted by Crippen LogP contribution is 2.39. The normalized spacial score (nSPS) is 17.2. The van der Waals surface area contributed by atoms with Gasteiger partial charge in [-0.15, -0.1) is 0 Å². The molecule has 8 heteroatoms. The summed E-state index contributed by atoms with van der Waals surface area (Å²) in [6.07, 6.45) is 3.81. The van der Waals surface area contributed by atoms with Crippen molar-refractivity contribution >= 4 is 18.1 Å². The largest absolute Gasteiger partial charge is 0.493 e. The molecule has 8 nitrogen and oxygen atoms in total. The van der Waals surface area contributed by atoms with Gasteiger partial charge in [0.2, 0.25) is 5.75 Å². The molecule has 0 aromatic heterocycles. The fourth-order valence-corrected chi connectivity index (χ4v) is 4.67. The molecule has 0 spiro atoms. The summed E-state index contributed by atoms with van der Waals surface area (Å²) in [6.45, 7) is 8.55. The zero-order valence-electron chi connectivity index (χ0n) is 22.2. The van der Waals surface area contributed by atoms with Crippen LogP contribution in [0.2, 0.25) is 0 Å². The minimum Gasteiger partial charge on any atom is -0.493 e. The van der Waals surface area contributed by atoms with Crippen molar-refractivity contribution < 1.29 is 28.5 Å². The van der Waals surface area contributed by atoms with Gasteiger partial charge in [0.05, 0.1) is 33.4 Å². The summed E-state index contributed by atoms with van der Waals surface area (Å²) < 4.78 is 21.7. The number of rotatable bonds is 10. The summed E-state index contributed by atoms with van der Waals surface area (Å²) in [6, 6.07) is 12.8. The summed E-state index contributed by atoms with van der Waals surface area (Å²) in [4.78, 5) is 30.2. The molecule has 0 bridgehead atoms. The highest BCUT2D eigenvalue weighted by atomic mass is 16.6. The average Bonchev–Trinajstić information content (AvgIpc) is 3.30. The van der Waals surface area contributed by atoms with E-state index in [1.54, 1.807) is 17.0 Å². The first kappa shape index (κ1) is 27.6. The zero-order valence-corrected chi connectivity index (χ0v) is 22.2. The van der Waals surface area contributed by atoms with Gasteiger partial charge in [0, 0.05) is 18.7 Å². The van der Waals surface area contributed by atoms with Crippen LogP contribution in [0.25, 0.3) is 6.08 Å². The Bertz CT molecular complexity index is 1110. The number of hydrogen-bond donors (Lipinski definition) is 0. The molecule has 2 amide bonds. The summed E-state index contributed by atoms with van der Waals surface area (Å²) >= 11 is 0. The lowest BCUT2D eigenvalue weighted by Gasteiger charge is -2.34. The molecular weight excluding hydrogens is 472 g/mol. The lowest BCUT2D eigenvalue weighted by molar-refractivity contribution is 0.0638. The third-order valence-electron chi connectivity index (χ3n) is 6.48. The number of amides is 2. The van der Waals surface area contributed by atoms with Crippen LogP contribution < -0.4 is 14.2 Å². The van der Waals surface area contributed by atoms with Gasteiger partial charge in [-0.3, -0.25) is 4.79 Å². The molecule has 2 atom stereocenters. The molecule has 0 saturated carbocycles. The smallest absolute Gasteiger partial charge is 0.410 e. The number of carbonyl (C=O) groups excluding carboxylic acids is 2. The van der Waals surface area contributed by atoms with E-state index in [0.29, 0.717) is 42.3 Å². The van der Waals surface area contributed by atoms with E-state index >= 15 is 0 Å². The maximum Gasteiger partial charge on any atom is 0.410 e. The van der Waals surface area contributed by atoms with Gasteiger partial charge in [-0.25, -0.2) is 4.79 Å². The SMILES string of the molecule is C=CCOC(=O)N1CCC(N(CC(C)=Cc2ccccc2)C(=O)c2cc(OC)c(OC)c(OC)c2)C1C. The van der Waals surface area contributed by atoms with Gasteiger partial charge in [0.25, 0.3) is 5.91 Å². The molecule has 1 heterocycles. The van der Waals surface area contributed by atoms with Crippen LogP contribution in [0.3, 0.4) is 0 Å². The molecule has 0 N–H and O–H groups in total. The molecule has 0 radical (unpaired) electrons. The van der Waals surface area contributed by atoms with Gasteiger partial charge in [0.1, 0.15) is 6.61 Å². The van der Waals surface area contributed by atoms with Crippen LogP contribution in [0.15, 0.2) is 60.7 Å². The summed E-state index contributed by atoms with van der Waals surface area (Å²) in [5.41, 5.74) is 2.46. The van der Waals surface area contributed by atoms with Gasteiger partial charge in [-0.1, -0.05) is 54.6 Å². The topological polar surface area (TPSA) is 77.5 Å². The van der Waals surface area contributed by atoms with Crippen LogP contribution >= 0.6 is 0 Å². The van der Waals surface area contributed by atoms with Crippen LogP contribution in [0.4, 0.5) is 4.79 Å². The average molecular weight is 509 g/mol. The molecule has 2 unspecified atom stereocenters. The quantitative estimate of drug-likeness (QED) is 0.419. The first-order valence-electron chi connectivity index (χ1n) is 12.2. The monoisotopic (exact) mass is 508 g/mol. The second kappa shape index (κ2) is 12.9. The minimum absolute atomic E-state index is 0.139. The maximum atomic E-state index is 14.0. The zero-order chi connectivity index (χ0) is 26.9. The number of benzene rings is 2. The van der Waals surface area contributed by atoms with Crippen LogP contribution in [0.1, 0.15) is 36.2 Å². The van der Waals surface area contributed by atoms with Gasteiger partial charge in [0.15, 0.2) is 11.5 Å². The molecule has 1 fully saturated rings. The van der Waals surface area contributed by atoms with Crippen molar-refractivity contribution in [2.75, 3.05) is 41.0 Å². The van der Waals surface area contributed by atoms with Gasteiger partial charge < -0.3 is 28.7 Å². The van der Waals surface area contributed by atoms with E-state index in [1.165, 1.54) is 27.4 Å². The summed E-state index contributed by atoms with van der Waals surface area (Å²) in [7, 11) is 4.55. The highest BCUT2D eigenvalue weighted by Gasteiger charge is 2.40. The Morgan fingerprint density at radius 3 is 2.30 bits per heavy atom. The minimum atomic E-state index is -0.411. The fourth-order valence-electron chi connectivity index (χ4n) is 4.67. The Balaban J connectivity index is 1.98. The Kier molecular flexibility index (Phi) is 9.60. The first-order chi connectivity index (χ1) is 17.8. The number of carbonyl (C=O) groups is 2. The second-order valence-corrected chi connectivity index (χ2v) is 8.90. The van der Waals surface area contributed by atoms with Crippen molar-refractivity contribution in [1.82, 2.24) is 9.80 Å². The fraction of sp³-hybridized carbons (Fsp3) is 0.379. The van der Waals surface area contributed by atoms with Crippen molar-refractivity contribution in [2.24, 2.45) is 0 Å². The molecule has 37 heavy (non-hydrogen) atoms. The van der Waals surface area contributed by atoms with Crippen molar-refractivity contribution in [1.29, 1.82) is 0 Å². The van der Waals surface area contributed by atoms with Crippen molar-refractivity contribution in [3.8, 4) is 17.2 Å². The molecule has 1 saturated heterocycles. The molecule has 198 valence electrons. The molecule has 0 aliphatic carbocycles. The first-order valence-corrected chi connectivity index (χ1v) is 12.2. The third kappa shape index (κ3) is 6.44. The predicted octanol–water partition coefficient (Wildman–Crippen LogP) is 5.04. The van der Waals surface area contributed by atoms with Gasteiger partial charge in [-0.05, 0) is 38.0 Å². The summed E-state index contributed by atoms with van der Waals surface area (Å²) in [5, 5.41) is 0. The molecule has 3 rings (SSSR count). The van der Waals surface area contributed by atoms with E-state index in [9.17, 15) is 9.59 Å². The van der Waals surface area contributed by atoms with E-state index in [4.69, 9.17) is 18.9 Å². The molecule has 2 aromatic carbocycles.